The van der Waals surface area contributed by atoms with Crippen molar-refractivity contribution in [2.45, 2.75) is 33.1 Å². The van der Waals surface area contributed by atoms with E-state index in [4.69, 9.17) is 26.4 Å². The highest BCUT2D eigenvalue weighted by molar-refractivity contribution is 7.80. The molecule has 3 rings (SSSR count). The fourth-order valence-electron chi connectivity index (χ4n) is 3.95. The third kappa shape index (κ3) is 5.24. The van der Waals surface area contributed by atoms with Gasteiger partial charge in [0.25, 0.3) is 0 Å². The maximum atomic E-state index is 13.2. The van der Waals surface area contributed by atoms with Crippen LogP contribution in [0.25, 0.3) is 0 Å². The fraction of sp³-hybridized carbons (Fsp3) is 0.417. The van der Waals surface area contributed by atoms with E-state index in [2.05, 4.69) is 24.5 Å². The first-order valence-corrected chi connectivity index (χ1v) is 11.5. The number of ether oxygens (including phenoxy) is 3. The zero-order valence-corrected chi connectivity index (χ0v) is 20.7. The van der Waals surface area contributed by atoms with Crippen molar-refractivity contribution in [1.29, 1.82) is 0 Å². The number of urea groups is 1. The number of hydrogen-bond acceptors (Lipinski definition) is 5. The van der Waals surface area contributed by atoms with Gasteiger partial charge >= 0.3 is 6.03 Å². The van der Waals surface area contributed by atoms with Gasteiger partial charge in [-0.3, -0.25) is 5.01 Å². The number of nitrogens with zero attached hydrogens (tertiary/aromatic N) is 2. The van der Waals surface area contributed by atoms with Gasteiger partial charge in [0, 0.05) is 36.6 Å². The third-order valence-electron chi connectivity index (χ3n) is 5.65. The molecule has 0 aliphatic carbocycles. The lowest BCUT2D eigenvalue weighted by Gasteiger charge is -2.31. The largest absolute Gasteiger partial charge is 0.493 e. The maximum Gasteiger partial charge on any atom is 0.340 e. The smallest absolute Gasteiger partial charge is 0.340 e. The van der Waals surface area contributed by atoms with Gasteiger partial charge in [0.2, 0.25) is 5.75 Å². The molecule has 2 aromatic rings. The van der Waals surface area contributed by atoms with Crippen molar-refractivity contribution in [3.05, 3.63) is 41.5 Å². The molecule has 0 aromatic heterocycles. The molecular weight excluding hydrogens is 440 g/mol. The van der Waals surface area contributed by atoms with E-state index < -0.39 is 0 Å². The van der Waals surface area contributed by atoms with Crippen molar-refractivity contribution in [3.63, 3.8) is 0 Å². The number of rotatable bonds is 7. The standard InChI is InChI=1S/C24H32N4O4S/c1-6-16-10-8-11-17(7-2)21(16)26-23(29)27-12-9-13-28(27)24(33)25-18-14-19(30-3)22(32-5)20(15-18)31-4/h8,10-11,14-15H,6-7,9,12-13H2,1-5H3,(H,25,33)(H,26,29). The Balaban J connectivity index is 1.78. The average molecular weight is 473 g/mol. The van der Waals surface area contributed by atoms with Crippen molar-refractivity contribution >= 4 is 34.7 Å². The summed E-state index contributed by atoms with van der Waals surface area (Å²) in [5, 5.41) is 10.2. The molecule has 8 nitrogen and oxygen atoms in total. The Bertz CT molecular complexity index is 967. The van der Waals surface area contributed by atoms with E-state index in [0.717, 1.165) is 36.1 Å². The van der Waals surface area contributed by atoms with Gasteiger partial charge in [-0.15, -0.1) is 0 Å². The number of aryl methyl sites for hydroxylation is 2. The van der Waals surface area contributed by atoms with Crippen LogP contribution in [-0.2, 0) is 12.8 Å². The number of thiocarbonyl (C=S) groups is 1. The minimum Gasteiger partial charge on any atom is -0.493 e. The van der Waals surface area contributed by atoms with Crippen LogP contribution in [0.1, 0.15) is 31.4 Å². The SMILES string of the molecule is CCc1cccc(CC)c1NC(=O)N1CCCN1C(=S)Nc1cc(OC)c(OC)c(OC)c1. The molecule has 178 valence electrons. The van der Waals surface area contributed by atoms with E-state index in [9.17, 15) is 4.79 Å². The minimum atomic E-state index is -0.197. The average Bonchev–Trinajstić information content (AvgIpc) is 3.33. The van der Waals surface area contributed by atoms with Gasteiger partial charge in [0.05, 0.1) is 21.3 Å². The van der Waals surface area contributed by atoms with Crippen molar-refractivity contribution < 1.29 is 19.0 Å². The molecule has 0 spiro atoms. The monoisotopic (exact) mass is 472 g/mol. The van der Waals surface area contributed by atoms with Gasteiger partial charge in [-0.05, 0) is 42.6 Å². The normalized spacial score (nSPS) is 13.0. The molecule has 1 heterocycles. The second kappa shape index (κ2) is 11.1. The summed E-state index contributed by atoms with van der Waals surface area (Å²) in [7, 11) is 4.68. The third-order valence-corrected chi connectivity index (χ3v) is 5.96. The highest BCUT2D eigenvalue weighted by Crippen LogP contribution is 2.40. The number of hydrazine groups is 1. The van der Waals surface area contributed by atoms with Crippen molar-refractivity contribution in [1.82, 2.24) is 10.0 Å². The number of benzene rings is 2. The number of para-hydroxylation sites is 1. The number of amides is 2. The molecule has 1 aliphatic heterocycles. The topological polar surface area (TPSA) is 75.3 Å². The van der Waals surface area contributed by atoms with Crippen LogP contribution in [0.3, 0.4) is 0 Å². The van der Waals surface area contributed by atoms with E-state index >= 15 is 0 Å². The number of anilines is 2. The maximum absolute atomic E-state index is 13.2. The summed E-state index contributed by atoms with van der Waals surface area (Å²) in [6.07, 6.45) is 2.50. The van der Waals surface area contributed by atoms with Crippen LogP contribution in [-0.4, -0.2) is 55.6 Å². The summed E-state index contributed by atoms with van der Waals surface area (Å²) >= 11 is 5.65. The van der Waals surface area contributed by atoms with Gasteiger partial charge in [-0.2, -0.15) is 0 Å². The Kier molecular flexibility index (Phi) is 8.21. The van der Waals surface area contributed by atoms with Gasteiger partial charge < -0.3 is 24.8 Å². The van der Waals surface area contributed by atoms with Crippen molar-refractivity contribution in [2.75, 3.05) is 45.1 Å². The Hall–Kier alpha value is -3.20. The lowest BCUT2D eigenvalue weighted by atomic mass is 10.0. The summed E-state index contributed by atoms with van der Waals surface area (Å²) in [5.74, 6) is 1.53. The molecule has 0 saturated carbocycles. The van der Waals surface area contributed by atoms with Gasteiger partial charge in [0.1, 0.15) is 0 Å². The second-order valence-electron chi connectivity index (χ2n) is 7.53. The summed E-state index contributed by atoms with van der Waals surface area (Å²) < 4.78 is 16.2. The number of carbonyl (C=O) groups excluding carboxylic acids is 1. The van der Waals surface area contributed by atoms with Crippen LogP contribution in [0, 0.1) is 0 Å². The molecule has 33 heavy (non-hydrogen) atoms. The van der Waals surface area contributed by atoms with Crippen LogP contribution in [0.15, 0.2) is 30.3 Å². The van der Waals surface area contributed by atoms with E-state index in [1.807, 2.05) is 18.2 Å². The summed E-state index contributed by atoms with van der Waals surface area (Å²) in [6.45, 7) is 5.39. The highest BCUT2D eigenvalue weighted by atomic mass is 32.1. The first-order valence-electron chi connectivity index (χ1n) is 11.0. The van der Waals surface area contributed by atoms with E-state index in [1.165, 1.54) is 0 Å². The summed E-state index contributed by atoms with van der Waals surface area (Å²) in [5.41, 5.74) is 3.80. The van der Waals surface area contributed by atoms with E-state index in [1.54, 1.807) is 43.5 Å². The second-order valence-corrected chi connectivity index (χ2v) is 7.92. The fourth-order valence-corrected chi connectivity index (χ4v) is 4.26. The van der Waals surface area contributed by atoms with E-state index in [0.29, 0.717) is 41.1 Å². The van der Waals surface area contributed by atoms with Gasteiger partial charge in [-0.25, -0.2) is 9.80 Å². The first-order chi connectivity index (χ1) is 16.0. The van der Waals surface area contributed by atoms with Crippen LogP contribution in [0.2, 0.25) is 0 Å². The molecule has 0 atom stereocenters. The zero-order valence-electron chi connectivity index (χ0n) is 19.9. The Labute approximate surface area is 200 Å². The van der Waals surface area contributed by atoms with E-state index in [-0.39, 0.29) is 6.03 Å². The Morgan fingerprint density at radius 3 is 2.03 bits per heavy atom. The Morgan fingerprint density at radius 1 is 0.939 bits per heavy atom. The van der Waals surface area contributed by atoms with Gasteiger partial charge in [-0.1, -0.05) is 32.0 Å². The number of methoxy groups -OCH3 is 3. The van der Waals surface area contributed by atoms with Crippen LogP contribution in [0.4, 0.5) is 16.2 Å². The first kappa shape index (κ1) is 24.4. The summed E-state index contributed by atoms with van der Waals surface area (Å²) in [4.78, 5) is 13.2. The predicted octanol–water partition coefficient (Wildman–Crippen LogP) is 4.69. The molecule has 1 fully saturated rings. The van der Waals surface area contributed by atoms with Crippen molar-refractivity contribution in [2.24, 2.45) is 0 Å². The lowest BCUT2D eigenvalue weighted by molar-refractivity contribution is 0.139. The highest BCUT2D eigenvalue weighted by Gasteiger charge is 2.30. The summed E-state index contributed by atoms with van der Waals surface area (Å²) in [6, 6.07) is 9.49. The van der Waals surface area contributed by atoms with Crippen LogP contribution in [0.5, 0.6) is 17.2 Å². The molecule has 0 radical (unpaired) electrons. The quantitative estimate of drug-likeness (QED) is 0.566. The molecule has 1 saturated heterocycles. The minimum absolute atomic E-state index is 0.197. The van der Waals surface area contributed by atoms with Crippen LogP contribution >= 0.6 is 12.2 Å². The number of hydrogen-bond donors (Lipinski definition) is 2. The van der Waals surface area contributed by atoms with Crippen molar-refractivity contribution in [3.8, 4) is 17.2 Å². The predicted molar refractivity (Wildman–Crippen MR) is 135 cm³/mol. The molecule has 0 unspecified atom stereocenters. The number of nitrogens with one attached hydrogen (secondary N) is 2. The molecule has 2 N–H and O–H groups in total. The Morgan fingerprint density at radius 2 is 1.52 bits per heavy atom. The molecule has 2 aromatic carbocycles. The zero-order chi connectivity index (χ0) is 24.0. The molecule has 0 bridgehead atoms. The number of carbonyl (C=O) groups is 1. The lowest BCUT2D eigenvalue weighted by Crippen LogP contribution is -2.48. The van der Waals surface area contributed by atoms with Crippen LogP contribution < -0.4 is 24.8 Å². The van der Waals surface area contributed by atoms with Gasteiger partial charge in [0.15, 0.2) is 16.6 Å². The molecule has 9 heteroatoms. The molecule has 1 aliphatic rings. The molecular formula is C24H32N4O4S. The molecule has 2 amide bonds.